The molecular formula is C65H125NO5. The lowest BCUT2D eigenvalue weighted by Crippen LogP contribution is -2.45. The third-order valence-corrected chi connectivity index (χ3v) is 15.0. The first-order chi connectivity index (χ1) is 35.0. The molecule has 3 N–H and O–H groups in total. The van der Waals surface area contributed by atoms with E-state index in [1.54, 1.807) is 6.08 Å². The van der Waals surface area contributed by atoms with Crippen LogP contribution in [0.1, 0.15) is 354 Å². The quantitative estimate of drug-likeness (QED) is 0.0320. The van der Waals surface area contributed by atoms with Crippen molar-refractivity contribution < 1.29 is 24.5 Å². The number of allylic oxidation sites excluding steroid dienone is 3. The summed E-state index contributed by atoms with van der Waals surface area (Å²) in [5.41, 5.74) is 0. The lowest BCUT2D eigenvalue weighted by atomic mass is 10.0. The van der Waals surface area contributed by atoms with Crippen molar-refractivity contribution in [3.8, 4) is 0 Å². The first-order valence-electron chi connectivity index (χ1n) is 32.1. The molecule has 0 aliphatic carbocycles. The monoisotopic (exact) mass is 1000 g/mol. The number of amides is 1. The number of esters is 1. The minimum Gasteiger partial charge on any atom is -0.466 e. The first kappa shape index (κ1) is 69.3. The highest BCUT2D eigenvalue weighted by atomic mass is 16.5. The average Bonchev–Trinajstić information content (AvgIpc) is 3.37. The summed E-state index contributed by atoms with van der Waals surface area (Å²) in [6.07, 6.45) is 75.0. The van der Waals surface area contributed by atoms with Gasteiger partial charge >= 0.3 is 5.97 Å². The van der Waals surface area contributed by atoms with E-state index < -0.39 is 12.1 Å². The molecule has 2 unspecified atom stereocenters. The molecule has 0 aromatic carbocycles. The molecule has 2 atom stereocenters. The van der Waals surface area contributed by atoms with E-state index in [2.05, 4.69) is 31.3 Å². The van der Waals surface area contributed by atoms with Crippen LogP contribution in [0.25, 0.3) is 0 Å². The van der Waals surface area contributed by atoms with Crippen LogP contribution in [0.4, 0.5) is 0 Å². The maximum Gasteiger partial charge on any atom is 0.305 e. The van der Waals surface area contributed by atoms with Gasteiger partial charge in [0, 0.05) is 12.8 Å². The maximum atomic E-state index is 12.5. The molecule has 0 spiro atoms. The minimum absolute atomic E-state index is 0.00120. The maximum absolute atomic E-state index is 12.5. The van der Waals surface area contributed by atoms with Crippen molar-refractivity contribution in [3.05, 3.63) is 24.3 Å². The van der Waals surface area contributed by atoms with E-state index in [1.165, 1.54) is 263 Å². The van der Waals surface area contributed by atoms with Gasteiger partial charge in [-0.2, -0.15) is 0 Å². The van der Waals surface area contributed by atoms with Crippen LogP contribution in [0.3, 0.4) is 0 Å². The summed E-state index contributed by atoms with van der Waals surface area (Å²) in [5, 5.41) is 23.2. The van der Waals surface area contributed by atoms with Gasteiger partial charge in [-0.15, -0.1) is 0 Å². The SMILES string of the molecule is CCCCCCCCCCCCCCCCCCCC/C=C/C(O)C(CO)NC(=O)CCCCCCC/C=C\CCCCCCCCCOC(=O)CCCCCCCCCCCCCCCCCCCC. The zero-order valence-corrected chi connectivity index (χ0v) is 48.0. The number of hydrogen-bond acceptors (Lipinski definition) is 5. The summed E-state index contributed by atoms with van der Waals surface area (Å²) in [4.78, 5) is 24.6. The van der Waals surface area contributed by atoms with Crippen molar-refractivity contribution in [2.45, 2.75) is 366 Å². The summed E-state index contributed by atoms with van der Waals surface area (Å²) in [7, 11) is 0. The van der Waals surface area contributed by atoms with E-state index in [1.807, 2.05) is 6.08 Å². The fourth-order valence-electron chi connectivity index (χ4n) is 10.0. The Bertz CT molecular complexity index is 1110. The van der Waals surface area contributed by atoms with E-state index in [0.717, 1.165) is 64.2 Å². The second-order valence-electron chi connectivity index (χ2n) is 22.1. The Morgan fingerprint density at radius 2 is 0.662 bits per heavy atom. The molecule has 0 heterocycles. The largest absolute Gasteiger partial charge is 0.466 e. The van der Waals surface area contributed by atoms with Crippen molar-refractivity contribution in [2.75, 3.05) is 13.2 Å². The Morgan fingerprint density at radius 3 is 1.00 bits per heavy atom. The van der Waals surface area contributed by atoms with E-state index >= 15 is 0 Å². The summed E-state index contributed by atoms with van der Waals surface area (Å²) < 4.78 is 5.49. The number of carbonyl (C=O) groups is 2. The smallest absolute Gasteiger partial charge is 0.305 e. The number of hydrogen-bond donors (Lipinski definition) is 3. The Morgan fingerprint density at radius 1 is 0.380 bits per heavy atom. The van der Waals surface area contributed by atoms with Crippen molar-refractivity contribution in [1.29, 1.82) is 0 Å². The van der Waals surface area contributed by atoms with Crippen molar-refractivity contribution >= 4 is 11.9 Å². The van der Waals surface area contributed by atoms with Gasteiger partial charge in [-0.1, -0.05) is 308 Å². The highest BCUT2D eigenvalue weighted by Gasteiger charge is 2.18. The van der Waals surface area contributed by atoms with Crippen LogP contribution >= 0.6 is 0 Å². The summed E-state index contributed by atoms with van der Waals surface area (Å²) in [6, 6.07) is -0.641. The minimum atomic E-state index is -0.856. The Hall–Kier alpha value is -1.66. The number of rotatable bonds is 60. The first-order valence-corrected chi connectivity index (χ1v) is 32.1. The summed E-state index contributed by atoms with van der Waals surface area (Å²) in [6.45, 7) is 4.91. The fraction of sp³-hybridized carbons (Fsp3) is 0.908. The Labute approximate surface area is 443 Å². The molecule has 0 aliphatic rings. The second kappa shape index (κ2) is 60.9. The van der Waals surface area contributed by atoms with Crippen LogP contribution < -0.4 is 5.32 Å². The molecule has 0 fully saturated rings. The van der Waals surface area contributed by atoms with E-state index in [0.29, 0.717) is 19.4 Å². The number of ether oxygens (including phenoxy) is 1. The van der Waals surface area contributed by atoms with Gasteiger partial charge in [0.05, 0.1) is 25.4 Å². The predicted molar refractivity (Wildman–Crippen MR) is 310 cm³/mol. The van der Waals surface area contributed by atoms with Crippen molar-refractivity contribution in [2.24, 2.45) is 0 Å². The van der Waals surface area contributed by atoms with Crippen LogP contribution in [0.15, 0.2) is 24.3 Å². The van der Waals surface area contributed by atoms with Gasteiger partial charge in [0.15, 0.2) is 0 Å². The Kier molecular flexibility index (Phi) is 59.5. The van der Waals surface area contributed by atoms with Crippen LogP contribution in [-0.2, 0) is 14.3 Å². The molecule has 0 saturated heterocycles. The molecule has 1 amide bonds. The molecule has 0 aliphatic heterocycles. The standard InChI is InChI=1S/C65H125NO5/c1-3-5-7-9-11-13-15-17-19-21-23-24-25-29-33-37-41-45-49-53-57-63(68)62(61-67)66-64(69)58-54-50-46-42-38-34-30-27-28-32-36-40-44-48-52-56-60-71-65(70)59-55-51-47-43-39-35-31-26-22-20-18-16-14-12-10-8-6-4-2/h27,30,53,57,62-63,67-68H,3-26,28-29,31-52,54-56,58-61H2,1-2H3,(H,66,69)/b30-27-,57-53+. The highest BCUT2D eigenvalue weighted by molar-refractivity contribution is 5.76. The van der Waals surface area contributed by atoms with Gasteiger partial charge < -0.3 is 20.3 Å². The second-order valence-corrected chi connectivity index (χ2v) is 22.1. The van der Waals surface area contributed by atoms with E-state index in [-0.39, 0.29) is 18.5 Å². The molecule has 0 aromatic heterocycles. The summed E-state index contributed by atoms with van der Waals surface area (Å²) >= 11 is 0. The van der Waals surface area contributed by atoms with Crippen molar-refractivity contribution in [3.63, 3.8) is 0 Å². The van der Waals surface area contributed by atoms with Gasteiger partial charge in [-0.05, 0) is 57.8 Å². The predicted octanol–water partition coefficient (Wildman–Crippen LogP) is 20.2. The molecule has 71 heavy (non-hydrogen) atoms. The number of aliphatic hydroxyl groups excluding tert-OH is 2. The molecule has 420 valence electrons. The lowest BCUT2D eigenvalue weighted by Gasteiger charge is -2.20. The molecular weight excluding hydrogens is 875 g/mol. The van der Waals surface area contributed by atoms with E-state index in [9.17, 15) is 19.8 Å². The fourth-order valence-corrected chi connectivity index (χ4v) is 10.0. The molecule has 0 bridgehead atoms. The van der Waals surface area contributed by atoms with Crippen LogP contribution in [-0.4, -0.2) is 47.4 Å². The molecule has 0 saturated carbocycles. The molecule has 0 rings (SSSR count). The van der Waals surface area contributed by atoms with Gasteiger partial charge in [0.1, 0.15) is 0 Å². The number of carbonyl (C=O) groups excluding carboxylic acids is 2. The Balaban J connectivity index is 3.47. The molecule has 6 heteroatoms. The van der Waals surface area contributed by atoms with Crippen LogP contribution in [0.2, 0.25) is 0 Å². The van der Waals surface area contributed by atoms with Crippen LogP contribution in [0, 0.1) is 0 Å². The number of aliphatic hydroxyl groups is 2. The normalized spacial score (nSPS) is 12.7. The van der Waals surface area contributed by atoms with Gasteiger partial charge in [0.25, 0.3) is 0 Å². The average molecular weight is 1000 g/mol. The van der Waals surface area contributed by atoms with Gasteiger partial charge in [0.2, 0.25) is 5.91 Å². The van der Waals surface area contributed by atoms with E-state index in [4.69, 9.17) is 4.74 Å². The zero-order chi connectivity index (χ0) is 51.4. The third kappa shape index (κ3) is 57.5. The van der Waals surface area contributed by atoms with Crippen LogP contribution in [0.5, 0.6) is 0 Å². The number of unbranched alkanes of at least 4 members (excludes halogenated alkanes) is 47. The zero-order valence-electron chi connectivity index (χ0n) is 48.0. The molecule has 0 radical (unpaired) electrons. The van der Waals surface area contributed by atoms with Crippen molar-refractivity contribution in [1.82, 2.24) is 5.32 Å². The highest BCUT2D eigenvalue weighted by Crippen LogP contribution is 2.18. The summed E-state index contributed by atoms with van der Waals surface area (Å²) in [5.74, 6) is -0.0806. The third-order valence-electron chi connectivity index (χ3n) is 15.0. The van der Waals surface area contributed by atoms with Gasteiger partial charge in [-0.3, -0.25) is 9.59 Å². The topological polar surface area (TPSA) is 95.9 Å². The molecule has 6 nitrogen and oxygen atoms in total. The molecule has 0 aromatic rings. The lowest BCUT2D eigenvalue weighted by molar-refractivity contribution is -0.143. The number of nitrogens with one attached hydrogen (secondary N) is 1. The van der Waals surface area contributed by atoms with Gasteiger partial charge in [-0.25, -0.2) is 0 Å².